The van der Waals surface area contributed by atoms with Crippen LogP contribution >= 0.6 is 0 Å². The number of halogens is 2. The van der Waals surface area contributed by atoms with Crippen molar-refractivity contribution in [1.82, 2.24) is 4.90 Å². The number of carbonyl (C=O) groups excluding carboxylic acids is 6. The number of esters is 4. The van der Waals surface area contributed by atoms with E-state index in [0.29, 0.717) is 49.9 Å². The van der Waals surface area contributed by atoms with Crippen LogP contribution in [0.5, 0.6) is 0 Å². The molecule has 8 aliphatic carbocycles. The van der Waals surface area contributed by atoms with Crippen molar-refractivity contribution in [2.45, 2.75) is 285 Å². The summed E-state index contributed by atoms with van der Waals surface area (Å²) in [7, 11) is 1.39. The van der Waals surface area contributed by atoms with Crippen molar-refractivity contribution in [3.63, 3.8) is 0 Å². The average Bonchev–Trinajstić information content (AvgIpc) is 3.63. The molecular weight excluding hydrogens is 1020 g/mol. The van der Waals surface area contributed by atoms with Gasteiger partial charge >= 0.3 is 29.8 Å². The van der Waals surface area contributed by atoms with Crippen LogP contribution in [-0.4, -0.2) is 126 Å². The third-order valence-electron chi connectivity index (χ3n) is 20.7. The van der Waals surface area contributed by atoms with E-state index in [1.807, 2.05) is 76.2 Å². The van der Waals surface area contributed by atoms with E-state index in [2.05, 4.69) is 4.74 Å². The molecule has 454 valence electrons. The second-order valence-corrected chi connectivity index (χ2v) is 29.8. The largest absolute Gasteiger partial charge is 0.459 e. The summed E-state index contributed by atoms with van der Waals surface area (Å²) in [5.41, 5.74) is -8.34. The molecule has 0 spiro atoms. The Hall–Kier alpha value is -3.32. The molecule has 10 fully saturated rings. The molecule has 8 bridgehead atoms. The van der Waals surface area contributed by atoms with Gasteiger partial charge in [0.2, 0.25) is 17.3 Å². The highest BCUT2D eigenvalue weighted by molar-refractivity contribution is 6.05. The molecule has 2 amide bonds. The summed E-state index contributed by atoms with van der Waals surface area (Å²) in [6.45, 7) is 31.1. The first-order chi connectivity index (χ1) is 35.5. The summed E-state index contributed by atoms with van der Waals surface area (Å²) in [6.07, 6.45) is 12.3. The third kappa shape index (κ3) is 13.1. The van der Waals surface area contributed by atoms with Crippen molar-refractivity contribution >= 4 is 35.7 Å². The Balaban J connectivity index is 0.000000197. The summed E-state index contributed by atoms with van der Waals surface area (Å²) in [5, 5.41) is 42.3. The van der Waals surface area contributed by atoms with Crippen LogP contribution < -0.4 is 0 Å². The first-order valence-corrected chi connectivity index (χ1v) is 29.2. The molecule has 7 atom stereocenters. The molecule has 0 aromatic carbocycles. The number of hydrogen-bond donors (Lipinski definition) is 4. The molecular formula is C61H101F2NO15. The minimum atomic E-state index is -3.67. The number of nitrogens with zero attached hydrogens (tertiary/aromatic N) is 1. The van der Waals surface area contributed by atoms with Gasteiger partial charge in [-0.2, -0.15) is 8.78 Å². The summed E-state index contributed by atoms with van der Waals surface area (Å²) in [5.74, 6) is -6.92. The van der Waals surface area contributed by atoms with E-state index < -0.39 is 91.9 Å². The highest BCUT2D eigenvalue weighted by Crippen LogP contribution is 2.72. The summed E-state index contributed by atoms with van der Waals surface area (Å²) in [6, 6.07) is 0. The molecule has 79 heavy (non-hydrogen) atoms. The maximum absolute atomic E-state index is 14.0. The SMILES string of the molecule is CCC(C)(C)C(=O)OC1(C)COC(C)(O)C1(F)F.CCC(C)(C)C(=O)OC12CC3CC(C(C)(C)O)(C1)CC(C(C)(C)O)(C3)C2.CCC(C)(C)C(=O)OC12CC3CC(CC(O)(C3)C1)C2.CCC(C)(C)C(=O)OC1CC(=O)N(C)C1=O. The quantitative estimate of drug-likeness (QED) is 0.0720. The summed E-state index contributed by atoms with van der Waals surface area (Å²) >= 11 is 0. The Morgan fingerprint density at radius 3 is 1.33 bits per heavy atom. The lowest BCUT2D eigenvalue weighted by atomic mass is 9.37. The molecule has 8 saturated carbocycles. The van der Waals surface area contributed by atoms with E-state index in [1.165, 1.54) is 13.5 Å². The van der Waals surface area contributed by atoms with E-state index in [1.54, 1.807) is 34.6 Å². The van der Waals surface area contributed by atoms with E-state index in [9.17, 15) is 58.0 Å². The first kappa shape index (κ1) is 66.5. The van der Waals surface area contributed by atoms with Gasteiger partial charge in [0.25, 0.3) is 5.91 Å². The highest BCUT2D eigenvalue weighted by Gasteiger charge is 2.73. The number of likely N-dealkylation sites (tertiary alicyclic amines) is 1. The van der Waals surface area contributed by atoms with Crippen LogP contribution in [0.3, 0.4) is 0 Å². The standard InChI is InChI=1S/C22H38O4.C16H26O3.C12H20F2O4.C11H17NO4/c1-8-17(2,3)16(23)26-22-11-15-9-20(13-22,18(4,5)24)12-21(10-15,14-22)19(6,7)25;1-4-14(2,3)13(17)19-16-8-11-5-12(9-16)7-15(18,6-11)10-16;1-6-9(2,3)8(15)18-10(4)7-17-11(5,16)12(10,13)14;1-5-11(2,3)10(15)16-7-6-8(13)12(4)9(7)14/h15,24-25H,8-14H2,1-7H3;11-12,18H,4-10H2,1-3H3;16H,6-7H2,1-5H3;7H,5-6H2,1-4H3. The van der Waals surface area contributed by atoms with Crippen molar-refractivity contribution in [3.05, 3.63) is 0 Å². The van der Waals surface area contributed by atoms with Crippen molar-refractivity contribution in [2.75, 3.05) is 13.7 Å². The van der Waals surface area contributed by atoms with Crippen LogP contribution in [0.15, 0.2) is 0 Å². The van der Waals surface area contributed by atoms with Gasteiger partial charge < -0.3 is 44.1 Å². The van der Waals surface area contributed by atoms with Crippen molar-refractivity contribution in [2.24, 2.45) is 50.2 Å². The zero-order valence-electron chi connectivity index (χ0n) is 51.5. The first-order valence-electron chi connectivity index (χ1n) is 29.2. The molecule has 7 unspecified atom stereocenters. The van der Waals surface area contributed by atoms with Gasteiger partial charge in [-0.25, -0.2) is 0 Å². The van der Waals surface area contributed by atoms with Crippen LogP contribution in [0.4, 0.5) is 8.78 Å². The molecule has 10 aliphatic rings. The van der Waals surface area contributed by atoms with E-state index in [4.69, 9.17) is 18.9 Å². The predicted octanol–water partition coefficient (Wildman–Crippen LogP) is 10.1. The fourth-order valence-electron chi connectivity index (χ4n) is 13.8. The summed E-state index contributed by atoms with van der Waals surface area (Å²) < 4.78 is 54.8. The predicted molar refractivity (Wildman–Crippen MR) is 291 cm³/mol. The minimum Gasteiger partial charge on any atom is -0.459 e. The van der Waals surface area contributed by atoms with Crippen molar-refractivity contribution in [1.29, 1.82) is 0 Å². The van der Waals surface area contributed by atoms with Crippen LogP contribution in [0, 0.1) is 50.2 Å². The number of carbonyl (C=O) groups is 6. The molecule has 2 aliphatic heterocycles. The number of rotatable bonds is 14. The lowest BCUT2D eigenvalue weighted by Gasteiger charge is -2.70. The third-order valence-corrected chi connectivity index (χ3v) is 20.7. The van der Waals surface area contributed by atoms with E-state index in [-0.39, 0.29) is 40.7 Å². The smallest absolute Gasteiger partial charge is 0.340 e. The molecule has 0 aromatic rings. The zero-order chi connectivity index (χ0) is 60.6. The van der Waals surface area contributed by atoms with Gasteiger partial charge in [0, 0.05) is 24.3 Å². The van der Waals surface area contributed by atoms with Gasteiger partial charge in [-0.15, -0.1) is 0 Å². The molecule has 4 N–H and O–H groups in total. The van der Waals surface area contributed by atoms with E-state index >= 15 is 0 Å². The van der Waals surface area contributed by atoms with Crippen LogP contribution in [-0.2, 0) is 52.5 Å². The molecule has 10 rings (SSSR count). The van der Waals surface area contributed by atoms with Crippen LogP contribution in [0.2, 0.25) is 0 Å². The number of alkyl halides is 2. The van der Waals surface area contributed by atoms with Gasteiger partial charge in [-0.1, -0.05) is 27.7 Å². The lowest BCUT2D eigenvalue weighted by Crippen LogP contribution is -2.70. The Kier molecular flexibility index (Phi) is 18.3. The lowest BCUT2D eigenvalue weighted by molar-refractivity contribution is -0.288. The topological polar surface area (TPSA) is 233 Å². The molecule has 2 heterocycles. The van der Waals surface area contributed by atoms with Crippen molar-refractivity contribution in [3.8, 4) is 0 Å². The van der Waals surface area contributed by atoms with Gasteiger partial charge in [-0.3, -0.25) is 33.7 Å². The average molecular weight is 1130 g/mol. The van der Waals surface area contributed by atoms with Gasteiger partial charge in [0.05, 0.1) is 51.5 Å². The fourth-order valence-corrected chi connectivity index (χ4v) is 13.8. The summed E-state index contributed by atoms with van der Waals surface area (Å²) in [4.78, 5) is 72.6. The second kappa shape index (κ2) is 21.7. The Morgan fingerprint density at radius 2 is 0.975 bits per heavy atom. The molecule has 0 radical (unpaired) electrons. The molecule has 16 nitrogen and oxygen atoms in total. The molecule has 0 aromatic heterocycles. The van der Waals surface area contributed by atoms with Gasteiger partial charge in [-0.05, 0) is 211 Å². The number of amides is 2. The minimum absolute atomic E-state index is 0.0408. The number of aliphatic hydroxyl groups is 4. The maximum Gasteiger partial charge on any atom is 0.340 e. The van der Waals surface area contributed by atoms with Crippen LogP contribution in [0.1, 0.15) is 234 Å². The molecule has 18 heteroatoms. The second-order valence-electron chi connectivity index (χ2n) is 29.8. The normalized spacial score (nSPS) is 36.3. The zero-order valence-corrected chi connectivity index (χ0v) is 51.5. The highest BCUT2D eigenvalue weighted by atomic mass is 19.3. The van der Waals surface area contributed by atoms with Gasteiger partial charge in [0.1, 0.15) is 11.2 Å². The van der Waals surface area contributed by atoms with Crippen LogP contribution in [0.25, 0.3) is 0 Å². The Bertz CT molecular complexity index is 2260. The Morgan fingerprint density at radius 1 is 0.582 bits per heavy atom. The maximum atomic E-state index is 14.0. The van der Waals surface area contributed by atoms with E-state index in [0.717, 1.165) is 83.0 Å². The number of likely N-dealkylation sites (N-methyl/N-ethyl adjacent to an activating group) is 1. The fraction of sp³-hybridized carbons (Fsp3) is 0.902. The monoisotopic (exact) mass is 1130 g/mol. The Labute approximate surface area is 469 Å². The van der Waals surface area contributed by atoms with Crippen molar-refractivity contribution < 1.29 is 81.7 Å². The molecule has 2 saturated heterocycles. The number of imide groups is 1. The number of hydrogen-bond acceptors (Lipinski definition) is 15. The van der Waals surface area contributed by atoms with Gasteiger partial charge in [0.15, 0.2) is 6.10 Å². The number of ether oxygens (including phenoxy) is 5.